The van der Waals surface area contributed by atoms with Gasteiger partial charge in [0.25, 0.3) is 0 Å². The Hall–Kier alpha value is -3.94. The van der Waals surface area contributed by atoms with E-state index >= 15 is 0 Å². The van der Waals surface area contributed by atoms with E-state index in [1.165, 1.54) is 5.69 Å². The molecule has 0 spiro atoms. The predicted molar refractivity (Wildman–Crippen MR) is 119 cm³/mol. The van der Waals surface area contributed by atoms with Crippen molar-refractivity contribution in [3.05, 3.63) is 78.2 Å². The van der Waals surface area contributed by atoms with Gasteiger partial charge in [0.1, 0.15) is 17.3 Å². The smallest absolute Gasteiger partial charge is 0.173 e. The molecule has 0 amide bonds. The van der Waals surface area contributed by atoms with Gasteiger partial charge in [0, 0.05) is 31.9 Å². The van der Waals surface area contributed by atoms with Crippen LogP contribution in [-0.4, -0.2) is 53.3 Å². The molecule has 2 heterocycles. The van der Waals surface area contributed by atoms with Gasteiger partial charge < -0.3 is 20.6 Å². The van der Waals surface area contributed by atoms with Crippen molar-refractivity contribution in [3.8, 4) is 5.75 Å². The number of para-hydroxylation sites is 1. The van der Waals surface area contributed by atoms with Gasteiger partial charge >= 0.3 is 0 Å². The van der Waals surface area contributed by atoms with E-state index in [1.807, 2.05) is 6.07 Å². The topological polar surface area (TPSA) is 103 Å². The van der Waals surface area contributed by atoms with Crippen LogP contribution in [0.25, 0.3) is 0 Å². The fourth-order valence-electron chi connectivity index (χ4n) is 3.23. The molecule has 0 bridgehead atoms. The van der Waals surface area contributed by atoms with Crippen molar-refractivity contribution in [2.75, 3.05) is 36.0 Å². The summed E-state index contributed by atoms with van der Waals surface area (Å²) in [7, 11) is 0. The lowest BCUT2D eigenvalue weighted by Gasteiger charge is -2.36. The molecule has 8 heteroatoms. The zero-order valence-electron chi connectivity index (χ0n) is 16.5. The number of nitrogens with zero attached hydrogens (tertiary/aromatic N) is 6. The number of nitrogens with two attached hydrogens (primary N) is 1. The Bertz CT molecular complexity index is 1030. The minimum atomic E-state index is 0.197. The number of amidine groups is 1. The lowest BCUT2D eigenvalue weighted by molar-refractivity contribution is 0.475. The number of phenols is 1. The summed E-state index contributed by atoms with van der Waals surface area (Å²) in [5, 5.41) is 17.3. The molecular formula is C22H23N7O. The largest absolute Gasteiger partial charge is 0.508 e. The third-order valence-electron chi connectivity index (χ3n) is 4.87. The zero-order chi connectivity index (χ0) is 20.8. The molecule has 3 N–H and O–H groups in total. The van der Waals surface area contributed by atoms with Crippen molar-refractivity contribution in [3.63, 3.8) is 0 Å². The van der Waals surface area contributed by atoms with Gasteiger partial charge in [0.05, 0.1) is 18.6 Å². The standard InChI is InChI=1S/C22H23N7O/c23-22(27-25-14-17-6-8-19(30)9-7-17)20-15-24-16-21(26-20)29-12-10-28(11-13-29)18-4-2-1-3-5-18/h1-9,14-16,30H,10-13H2,(H2,23,27)/b25-14+. The van der Waals surface area contributed by atoms with E-state index in [4.69, 9.17) is 5.73 Å². The summed E-state index contributed by atoms with van der Waals surface area (Å²) in [6, 6.07) is 17.0. The highest BCUT2D eigenvalue weighted by atomic mass is 16.3. The number of phenolic OH excluding ortho intramolecular Hbond substituents is 1. The van der Waals surface area contributed by atoms with E-state index in [9.17, 15) is 5.11 Å². The van der Waals surface area contributed by atoms with E-state index < -0.39 is 0 Å². The normalized spacial score (nSPS) is 15.0. The van der Waals surface area contributed by atoms with Gasteiger partial charge in [0.15, 0.2) is 5.84 Å². The first-order valence-corrected chi connectivity index (χ1v) is 9.72. The second kappa shape index (κ2) is 9.04. The highest BCUT2D eigenvalue weighted by molar-refractivity contribution is 5.96. The summed E-state index contributed by atoms with van der Waals surface area (Å²) >= 11 is 0. The van der Waals surface area contributed by atoms with Gasteiger partial charge in [0.2, 0.25) is 0 Å². The summed E-state index contributed by atoms with van der Waals surface area (Å²) < 4.78 is 0. The Kier molecular flexibility index (Phi) is 5.84. The van der Waals surface area contributed by atoms with Gasteiger partial charge in [-0.1, -0.05) is 18.2 Å². The highest BCUT2D eigenvalue weighted by Crippen LogP contribution is 2.18. The molecule has 0 radical (unpaired) electrons. The SMILES string of the molecule is N/C(=N\N=C\c1ccc(O)cc1)c1cncc(N2CCN(c3ccccc3)CC2)n1. The minimum Gasteiger partial charge on any atom is -0.508 e. The Labute approximate surface area is 175 Å². The average Bonchev–Trinajstić information content (AvgIpc) is 2.81. The van der Waals surface area contributed by atoms with Crippen molar-refractivity contribution < 1.29 is 5.11 Å². The van der Waals surface area contributed by atoms with Crippen molar-refractivity contribution in [2.45, 2.75) is 0 Å². The van der Waals surface area contributed by atoms with Gasteiger partial charge in [-0.3, -0.25) is 4.98 Å². The first-order valence-electron chi connectivity index (χ1n) is 9.72. The van der Waals surface area contributed by atoms with E-state index in [1.54, 1.807) is 42.9 Å². The second-order valence-electron chi connectivity index (χ2n) is 6.89. The molecule has 1 aliphatic heterocycles. The fraction of sp³-hybridized carbons (Fsp3) is 0.182. The van der Waals surface area contributed by atoms with Gasteiger partial charge in [-0.25, -0.2) is 4.98 Å². The van der Waals surface area contributed by atoms with Crippen LogP contribution in [0.15, 0.2) is 77.2 Å². The maximum atomic E-state index is 9.31. The van der Waals surface area contributed by atoms with Crippen molar-refractivity contribution in [2.24, 2.45) is 15.9 Å². The average molecular weight is 401 g/mol. The number of rotatable bonds is 5. The number of hydrogen-bond donors (Lipinski definition) is 2. The molecule has 1 fully saturated rings. The predicted octanol–water partition coefficient (Wildman–Crippen LogP) is 2.25. The number of hydrogen-bond acceptors (Lipinski definition) is 7. The molecule has 0 atom stereocenters. The molecule has 1 saturated heterocycles. The molecule has 0 saturated carbocycles. The molecule has 2 aromatic carbocycles. The molecular weight excluding hydrogens is 378 g/mol. The summed E-state index contributed by atoms with van der Waals surface area (Å²) in [5.41, 5.74) is 8.58. The third-order valence-corrected chi connectivity index (χ3v) is 4.87. The maximum absolute atomic E-state index is 9.31. The van der Waals surface area contributed by atoms with Gasteiger partial charge in [-0.15, -0.1) is 5.10 Å². The van der Waals surface area contributed by atoms with E-state index in [-0.39, 0.29) is 11.6 Å². The molecule has 8 nitrogen and oxygen atoms in total. The Morgan fingerprint density at radius 2 is 1.63 bits per heavy atom. The van der Waals surface area contributed by atoms with E-state index in [2.05, 4.69) is 54.2 Å². The Morgan fingerprint density at radius 1 is 0.933 bits per heavy atom. The molecule has 1 aromatic heterocycles. The fourth-order valence-corrected chi connectivity index (χ4v) is 3.23. The number of piperazine rings is 1. The van der Waals surface area contributed by atoms with Crippen molar-refractivity contribution >= 4 is 23.6 Å². The minimum absolute atomic E-state index is 0.197. The summed E-state index contributed by atoms with van der Waals surface area (Å²) in [6.07, 6.45) is 4.89. The number of benzene rings is 2. The van der Waals surface area contributed by atoms with Crippen LogP contribution in [0.5, 0.6) is 5.75 Å². The van der Waals surface area contributed by atoms with Gasteiger partial charge in [-0.05, 0) is 42.0 Å². The molecule has 3 aromatic rings. The molecule has 0 unspecified atom stereocenters. The molecule has 152 valence electrons. The summed E-state index contributed by atoms with van der Waals surface area (Å²) in [4.78, 5) is 13.4. The number of aromatic hydroxyl groups is 1. The van der Waals surface area contributed by atoms with Crippen LogP contribution < -0.4 is 15.5 Å². The van der Waals surface area contributed by atoms with Crippen LogP contribution in [0.2, 0.25) is 0 Å². The lowest BCUT2D eigenvalue weighted by atomic mass is 10.2. The molecule has 0 aliphatic carbocycles. The first-order chi connectivity index (χ1) is 14.7. The third kappa shape index (κ3) is 4.72. The molecule has 30 heavy (non-hydrogen) atoms. The van der Waals surface area contributed by atoms with Crippen LogP contribution in [0.1, 0.15) is 11.3 Å². The van der Waals surface area contributed by atoms with E-state index in [0.29, 0.717) is 5.69 Å². The van der Waals surface area contributed by atoms with Crippen LogP contribution >= 0.6 is 0 Å². The Balaban J connectivity index is 1.40. The van der Waals surface area contributed by atoms with Crippen LogP contribution in [0.3, 0.4) is 0 Å². The zero-order valence-corrected chi connectivity index (χ0v) is 16.5. The lowest BCUT2D eigenvalue weighted by Crippen LogP contribution is -2.47. The quantitative estimate of drug-likeness (QED) is 0.386. The first kappa shape index (κ1) is 19.4. The van der Waals surface area contributed by atoms with Crippen LogP contribution in [0, 0.1) is 0 Å². The Morgan fingerprint density at radius 3 is 2.37 bits per heavy atom. The molecule has 1 aliphatic rings. The number of anilines is 2. The molecule has 4 rings (SSSR count). The second-order valence-corrected chi connectivity index (χ2v) is 6.89. The van der Waals surface area contributed by atoms with Crippen molar-refractivity contribution in [1.29, 1.82) is 0 Å². The summed E-state index contributed by atoms with van der Waals surface area (Å²) in [6.45, 7) is 3.53. The van der Waals surface area contributed by atoms with E-state index in [0.717, 1.165) is 37.6 Å². The summed E-state index contributed by atoms with van der Waals surface area (Å²) in [5.74, 6) is 1.18. The van der Waals surface area contributed by atoms with Crippen LogP contribution in [0.4, 0.5) is 11.5 Å². The monoisotopic (exact) mass is 401 g/mol. The van der Waals surface area contributed by atoms with Crippen molar-refractivity contribution in [1.82, 2.24) is 9.97 Å². The number of aromatic nitrogens is 2. The van der Waals surface area contributed by atoms with Crippen LogP contribution in [-0.2, 0) is 0 Å². The van der Waals surface area contributed by atoms with Gasteiger partial charge in [-0.2, -0.15) is 5.10 Å². The maximum Gasteiger partial charge on any atom is 0.173 e. The highest BCUT2D eigenvalue weighted by Gasteiger charge is 2.19.